The Labute approximate surface area is 180 Å². The number of nitrogens with zero attached hydrogens (tertiary/aromatic N) is 1. The number of nitrogens with one attached hydrogen (secondary N) is 1. The predicted molar refractivity (Wildman–Crippen MR) is 120 cm³/mol. The Morgan fingerprint density at radius 1 is 1.03 bits per heavy atom. The Bertz CT molecular complexity index is 987. The van der Waals surface area contributed by atoms with Gasteiger partial charge in [-0.1, -0.05) is 38.1 Å². The van der Waals surface area contributed by atoms with E-state index < -0.39 is 0 Å². The molecule has 1 N–H and O–H groups in total. The van der Waals surface area contributed by atoms with Crippen molar-refractivity contribution in [1.82, 2.24) is 4.98 Å². The molecule has 3 rings (SSSR count). The SMILES string of the molecule is COc1cc(CC(=O)Nc2nc(-c3ccc(C(C)C)cc3)cs2)cc(OC)c1OC. The van der Waals surface area contributed by atoms with E-state index in [1.807, 2.05) is 5.38 Å². The fraction of sp³-hybridized carbons (Fsp3) is 0.304. The molecule has 0 spiro atoms. The number of thiazole rings is 1. The highest BCUT2D eigenvalue weighted by Gasteiger charge is 2.16. The van der Waals surface area contributed by atoms with Gasteiger partial charge in [0.2, 0.25) is 11.7 Å². The molecule has 3 aromatic rings. The second-order valence-corrected chi connectivity index (χ2v) is 7.93. The maximum absolute atomic E-state index is 12.5. The van der Waals surface area contributed by atoms with Gasteiger partial charge in [-0.2, -0.15) is 0 Å². The summed E-state index contributed by atoms with van der Waals surface area (Å²) in [5.41, 5.74) is 3.91. The predicted octanol–water partition coefficient (Wildman–Crippen LogP) is 5.14. The quantitative estimate of drug-likeness (QED) is 0.540. The summed E-state index contributed by atoms with van der Waals surface area (Å²) in [7, 11) is 4.64. The molecule has 0 atom stereocenters. The normalized spacial score (nSPS) is 10.7. The van der Waals surface area contributed by atoms with Gasteiger partial charge in [0.05, 0.1) is 33.4 Å². The molecule has 0 fully saturated rings. The van der Waals surface area contributed by atoms with Gasteiger partial charge in [0.15, 0.2) is 16.6 Å². The number of methoxy groups -OCH3 is 3. The average molecular weight is 427 g/mol. The molecule has 158 valence electrons. The molecule has 0 aliphatic carbocycles. The monoisotopic (exact) mass is 426 g/mol. The van der Waals surface area contributed by atoms with Gasteiger partial charge in [0.1, 0.15) is 0 Å². The number of benzene rings is 2. The summed E-state index contributed by atoms with van der Waals surface area (Å²) in [5, 5.41) is 5.38. The first-order valence-electron chi connectivity index (χ1n) is 9.59. The van der Waals surface area contributed by atoms with E-state index in [2.05, 4.69) is 48.4 Å². The van der Waals surface area contributed by atoms with Gasteiger partial charge in [-0.25, -0.2) is 4.98 Å². The number of hydrogen-bond donors (Lipinski definition) is 1. The lowest BCUT2D eigenvalue weighted by Gasteiger charge is -2.13. The van der Waals surface area contributed by atoms with Gasteiger partial charge in [-0.05, 0) is 29.2 Å². The van der Waals surface area contributed by atoms with Crippen LogP contribution in [0.4, 0.5) is 5.13 Å². The van der Waals surface area contributed by atoms with Crippen LogP contribution in [0, 0.1) is 0 Å². The van der Waals surface area contributed by atoms with Crippen molar-refractivity contribution in [1.29, 1.82) is 0 Å². The number of rotatable bonds is 8. The van der Waals surface area contributed by atoms with Crippen LogP contribution in [0.2, 0.25) is 0 Å². The van der Waals surface area contributed by atoms with Crippen molar-refractivity contribution in [2.75, 3.05) is 26.6 Å². The van der Waals surface area contributed by atoms with Gasteiger partial charge >= 0.3 is 0 Å². The van der Waals surface area contributed by atoms with E-state index in [0.29, 0.717) is 28.3 Å². The third-order valence-electron chi connectivity index (χ3n) is 4.71. The summed E-state index contributed by atoms with van der Waals surface area (Å²) in [6, 6.07) is 11.9. The number of carbonyl (C=O) groups is 1. The molecule has 1 aromatic heterocycles. The Morgan fingerprint density at radius 2 is 1.67 bits per heavy atom. The molecule has 7 heteroatoms. The molecular weight excluding hydrogens is 400 g/mol. The van der Waals surface area contributed by atoms with Gasteiger partial charge < -0.3 is 19.5 Å². The van der Waals surface area contributed by atoms with Crippen LogP contribution in [-0.4, -0.2) is 32.2 Å². The number of ether oxygens (including phenoxy) is 3. The maximum atomic E-state index is 12.5. The zero-order valence-electron chi connectivity index (χ0n) is 17.8. The van der Waals surface area contributed by atoms with E-state index in [0.717, 1.165) is 16.8 Å². The van der Waals surface area contributed by atoms with E-state index >= 15 is 0 Å². The lowest BCUT2D eigenvalue weighted by Crippen LogP contribution is -2.14. The number of anilines is 1. The minimum atomic E-state index is -0.166. The molecule has 1 amide bonds. The van der Waals surface area contributed by atoms with Gasteiger partial charge in [0.25, 0.3) is 0 Å². The Morgan fingerprint density at radius 3 is 2.20 bits per heavy atom. The van der Waals surface area contributed by atoms with E-state index in [1.165, 1.54) is 16.9 Å². The molecule has 0 unspecified atom stereocenters. The van der Waals surface area contributed by atoms with Crippen LogP contribution in [0.3, 0.4) is 0 Å². The van der Waals surface area contributed by atoms with E-state index in [4.69, 9.17) is 14.2 Å². The average Bonchev–Trinajstić information content (AvgIpc) is 3.21. The maximum Gasteiger partial charge on any atom is 0.230 e. The van der Waals surface area contributed by atoms with Crippen molar-refractivity contribution in [2.45, 2.75) is 26.2 Å². The van der Waals surface area contributed by atoms with Crippen LogP contribution >= 0.6 is 11.3 Å². The van der Waals surface area contributed by atoms with Crippen LogP contribution in [-0.2, 0) is 11.2 Å². The first kappa shape index (κ1) is 21.6. The molecule has 2 aromatic carbocycles. The van der Waals surface area contributed by atoms with Crippen molar-refractivity contribution >= 4 is 22.4 Å². The lowest BCUT2D eigenvalue weighted by molar-refractivity contribution is -0.115. The summed E-state index contributed by atoms with van der Waals surface area (Å²) in [4.78, 5) is 17.1. The van der Waals surface area contributed by atoms with Gasteiger partial charge in [-0.3, -0.25) is 4.79 Å². The van der Waals surface area contributed by atoms with Gasteiger partial charge in [0, 0.05) is 10.9 Å². The minimum Gasteiger partial charge on any atom is -0.493 e. The van der Waals surface area contributed by atoms with Crippen molar-refractivity contribution in [3.63, 3.8) is 0 Å². The summed E-state index contributed by atoms with van der Waals surface area (Å²) in [5.74, 6) is 1.85. The number of aromatic nitrogens is 1. The minimum absolute atomic E-state index is 0.161. The first-order valence-corrected chi connectivity index (χ1v) is 10.5. The molecule has 0 saturated heterocycles. The fourth-order valence-electron chi connectivity index (χ4n) is 3.09. The highest BCUT2D eigenvalue weighted by molar-refractivity contribution is 7.14. The zero-order valence-corrected chi connectivity index (χ0v) is 18.6. The third kappa shape index (κ3) is 4.91. The first-order chi connectivity index (χ1) is 14.4. The van der Waals surface area contributed by atoms with Crippen molar-refractivity contribution in [3.05, 3.63) is 52.9 Å². The largest absolute Gasteiger partial charge is 0.493 e. The van der Waals surface area contributed by atoms with Crippen LogP contribution < -0.4 is 19.5 Å². The molecule has 0 bridgehead atoms. The smallest absolute Gasteiger partial charge is 0.230 e. The zero-order chi connectivity index (χ0) is 21.7. The van der Waals surface area contributed by atoms with Crippen molar-refractivity contribution in [2.24, 2.45) is 0 Å². The molecule has 0 aliphatic heterocycles. The fourth-order valence-corrected chi connectivity index (χ4v) is 3.82. The Hall–Kier alpha value is -3.06. The molecule has 0 radical (unpaired) electrons. The van der Waals surface area contributed by atoms with Crippen LogP contribution in [0.15, 0.2) is 41.8 Å². The van der Waals surface area contributed by atoms with Gasteiger partial charge in [-0.15, -0.1) is 11.3 Å². The molecule has 6 nitrogen and oxygen atoms in total. The van der Waals surface area contributed by atoms with Crippen LogP contribution in [0.25, 0.3) is 11.3 Å². The third-order valence-corrected chi connectivity index (χ3v) is 5.47. The Balaban J connectivity index is 1.70. The molecule has 30 heavy (non-hydrogen) atoms. The van der Waals surface area contributed by atoms with E-state index in [-0.39, 0.29) is 12.3 Å². The summed E-state index contributed by atoms with van der Waals surface area (Å²) < 4.78 is 16.0. The highest BCUT2D eigenvalue weighted by Crippen LogP contribution is 2.38. The number of carbonyl (C=O) groups excluding carboxylic acids is 1. The summed E-state index contributed by atoms with van der Waals surface area (Å²) in [6.45, 7) is 4.33. The molecule has 1 heterocycles. The summed E-state index contributed by atoms with van der Waals surface area (Å²) >= 11 is 1.40. The Kier molecular flexibility index (Phi) is 6.95. The van der Waals surface area contributed by atoms with Crippen LogP contribution in [0.5, 0.6) is 17.2 Å². The van der Waals surface area contributed by atoms with Crippen molar-refractivity contribution in [3.8, 4) is 28.5 Å². The second-order valence-electron chi connectivity index (χ2n) is 7.07. The number of hydrogen-bond acceptors (Lipinski definition) is 6. The van der Waals surface area contributed by atoms with E-state index in [1.54, 1.807) is 33.5 Å². The molecular formula is C23H26N2O4S. The topological polar surface area (TPSA) is 69.7 Å². The number of amides is 1. The van der Waals surface area contributed by atoms with Crippen molar-refractivity contribution < 1.29 is 19.0 Å². The summed E-state index contributed by atoms with van der Waals surface area (Å²) in [6.07, 6.45) is 0.161. The second kappa shape index (κ2) is 9.63. The van der Waals surface area contributed by atoms with Crippen LogP contribution in [0.1, 0.15) is 30.9 Å². The standard InChI is InChI=1S/C23H26N2O4S/c1-14(2)16-6-8-17(9-7-16)18-13-30-23(24-18)25-21(26)12-15-10-19(27-3)22(29-5)20(11-15)28-4/h6-11,13-14H,12H2,1-5H3,(H,24,25,26). The molecule has 0 aliphatic rings. The molecule has 0 saturated carbocycles. The highest BCUT2D eigenvalue weighted by atomic mass is 32.1. The van der Waals surface area contributed by atoms with E-state index in [9.17, 15) is 4.79 Å². The lowest BCUT2D eigenvalue weighted by atomic mass is 10.0.